The van der Waals surface area contributed by atoms with Gasteiger partial charge in [-0.3, -0.25) is 9.78 Å². The van der Waals surface area contributed by atoms with Crippen LogP contribution >= 0.6 is 28.7 Å². The van der Waals surface area contributed by atoms with Crippen molar-refractivity contribution >= 4 is 34.5 Å². The molecule has 1 rings (SSSR count). The minimum absolute atomic E-state index is 0. The number of ketones is 1. The fraction of sp³-hybridized carbons (Fsp3) is 0.125. The molecule has 1 aromatic rings. The lowest BCUT2D eigenvalue weighted by molar-refractivity contribution is 0.101. The Morgan fingerprint density at radius 3 is 2.92 bits per heavy atom. The van der Waals surface area contributed by atoms with Gasteiger partial charge < -0.3 is 0 Å². The van der Waals surface area contributed by atoms with E-state index in [0.717, 1.165) is 11.8 Å². The summed E-state index contributed by atoms with van der Waals surface area (Å²) >= 11 is 0.927. The Morgan fingerprint density at radius 2 is 2.38 bits per heavy atom. The van der Waals surface area contributed by atoms with Gasteiger partial charge in [-0.2, -0.15) is 5.26 Å². The molecule has 0 bridgehead atoms. The maximum atomic E-state index is 11.2. The fourth-order valence-corrected chi connectivity index (χ4v) is 1.04. The molecule has 1 aromatic heterocycles. The molecule has 0 aliphatic carbocycles. The quantitative estimate of drug-likeness (QED) is 0.615. The molecule has 3 nitrogen and oxygen atoms in total. The molecule has 0 aliphatic rings. The third-order valence-corrected chi connectivity index (χ3v) is 1.75. The zero-order valence-corrected chi connectivity index (χ0v) is 9.17. The molecule has 13 heavy (non-hydrogen) atoms. The number of hydrogen-bond donors (Lipinski definition) is 0. The normalized spacial score (nSPS) is 8.23. The van der Waals surface area contributed by atoms with Gasteiger partial charge in [-0.1, -0.05) is 6.07 Å². The summed E-state index contributed by atoms with van der Waals surface area (Å²) in [7, 11) is 0. The molecular formula is C8H7BrN2OS. The molecule has 5 heteroatoms. The first-order valence-corrected chi connectivity index (χ1v) is 4.28. The first kappa shape index (κ1) is 12.1. The predicted octanol–water partition coefficient (Wildman–Crippen LogP) is 2.06. The third kappa shape index (κ3) is 4.06. The van der Waals surface area contributed by atoms with E-state index in [1.807, 2.05) is 5.40 Å². The molecule has 1 heterocycles. The highest BCUT2D eigenvalue weighted by Gasteiger charge is 2.05. The molecule has 0 radical (unpaired) electrons. The minimum Gasteiger partial charge on any atom is -0.291 e. The topological polar surface area (TPSA) is 53.8 Å². The Hall–Kier alpha value is -0.860. The minimum atomic E-state index is -0.109. The number of thiocyanates is 1. The Bertz CT molecular complexity index is 310. The molecule has 0 spiro atoms. The third-order valence-electron chi connectivity index (χ3n) is 1.22. The smallest absolute Gasteiger partial charge is 0.192 e. The van der Waals surface area contributed by atoms with Crippen molar-refractivity contribution in [3.05, 3.63) is 30.1 Å². The predicted molar refractivity (Wildman–Crippen MR) is 57.0 cm³/mol. The monoisotopic (exact) mass is 258 g/mol. The molecule has 0 fully saturated rings. The van der Waals surface area contributed by atoms with E-state index in [-0.39, 0.29) is 28.5 Å². The highest BCUT2D eigenvalue weighted by molar-refractivity contribution is 8.93. The average molecular weight is 259 g/mol. The van der Waals surface area contributed by atoms with Gasteiger partial charge in [0.05, 0.1) is 5.75 Å². The zero-order valence-electron chi connectivity index (χ0n) is 6.64. The van der Waals surface area contributed by atoms with Crippen molar-refractivity contribution in [2.45, 2.75) is 0 Å². The van der Waals surface area contributed by atoms with Crippen molar-refractivity contribution in [1.82, 2.24) is 4.98 Å². The number of aromatic nitrogens is 1. The van der Waals surface area contributed by atoms with Gasteiger partial charge in [-0.05, 0) is 23.9 Å². The van der Waals surface area contributed by atoms with Gasteiger partial charge in [0.15, 0.2) is 5.78 Å². The second-order valence-electron chi connectivity index (χ2n) is 2.02. The molecule has 0 amide bonds. The second-order valence-corrected chi connectivity index (χ2v) is 2.78. The molecular weight excluding hydrogens is 252 g/mol. The SMILES string of the molecule is Br.N#CSCC(=O)c1ccccn1. The van der Waals surface area contributed by atoms with E-state index >= 15 is 0 Å². The summed E-state index contributed by atoms with van der Waals surface area (Å²) in [6.45, 7) is 0. The molecule has 0 atom stereocenters. The number of pyridine rings is 1. The maximum Gasteiger partial charge on any atom is 0.192 e. The average Bonchev–Trinajstić information content (AvgIpc) is 2.15. The van der Waals surface area contributed by atoms with E-state index in [4.69, 9.17) is 5.26 Å². The molecule has 0 unspecified atom stereocenters. The summed E-state index contributed by atoms with van der Waals surface area (Å²) in [5, 5.41) is 10.0. The Kier molecular flexibility index (Phi) is 6.20. The highest BCUT2D eigenvalue weighted by Crippen LogP contribution is 2.02. The lowest BCUT2D eigenvalue weighted by Gasteiger charge is -1.93. The molecule has 68 valence electrons. The Morgan fingerprint density at radius 1 is 1.62 bits per heavy atom. The molecule has 0 aromatic carbocycles. The van der Waals surface area contributed by atoms with Crippen LogP contribution in [0, 0.1) is 10.7 Å². The van der Waals surface area contributed by atoms with Gasteiger partial charge in [-0.25, -0.2) is 0 Å². The highest BCUT2D eigenvalue weighted by atomic mass is 79.9. The van der Waals surface area contributed by atoms with Crippen molar-refractivity contribution in [3.8, 4) is 5.40 Å². The van der Waals surface area contributed by atoms with Crippen LogP contribution in [0.1, 0.15) is 10.5 Å². The summed E-state index contributed by atoms with van der Waals surface area (Å²) < 4.78 is 0. The maximum absolute atomic E-state index is 11.2. The van der Waals surface area contributed by atoms with Crippen LogP contribution in [0.15, 0.2) is 24.4 Å². The second kappa shape index (κ2) is 6.63. The van der Waals surface area contributed by atoms with E-state index in [1.165, 1.54) is 0 Å². The van der Waals surface area contributed by atoms with Crippen molar-refractivity contribution in [1.29, 1.82) is 5.26 Å². The summed E-state index contributed by atoms with van der Waals surface area (Å²) in [6, 6.07) is 5.13. The van der Waals surface area contributed by atoms with Gasteiger partial charge >= 0.3 is 0 Å². The van der Waals surface area contributed by atoms with E-state index in [2.05, 4.69) is 4.98 Å². The van der Waals surface area contributed by atoms with Crippen LogP contribution in [0.4, 0.5) is 0 Å². The van der Waals surface area contributed by atoms with Crippen molar-refractivity contribution < 1.29 is 4.79 Å². The van der Waals surface area contributed by atoms with E-state index in [0.29, 0.717) is 5.69 Å². The first-order chi connectivity index (χ1) is 5.84. The van der Waals surface area contributed by atoms with Gasteiger partial charge in [0.1, 0.15) is 11.1 Å². The largest absolute Gasteiger partial charge is 0.291 e. The standard InChI is InChI=1S/C8H6N2OS.BrH/c9-6-12-5-8(11)7-3-1-2-4-10-7;/h1-4H,5H2;1H. The number of rotatable bonds is 3. The molecule has 0 aliphatic heterocycles. The van der Waals surface area contributed by atoms with Crippen LogP contribution in [0.25, 0.3) is 0 Å². The molecule has 0 N–H and O–H groups in total. The fourth-order valence-electron chi connectivity index (χ4n) is 0.699. The lowest BCUT2D eigenvalue weighted by atomic mass is 10.3. The first-order valence-electron chi connectivity index (χ1n) is 3.29. The van der Waals surface area contributed by atoms with Crippen molar-refractivity contribution in [3.63, 3.8) is 0 Å². The number of nitriles is 1. The number of carbonyl (C=O) groups is 1. The van der Waals surface area contributed by atoms with Crippen LogP contribution in [0.2, 0.25) is 0 Å². The lowest BCUT2D eigenvalue weighted by Crippen LogP contribution is -2.03. The van der Waals surface area contributed by atoms with Crippen LogP contribution in [-0.2, 0) is 0 Å². The van der Waals surface area contributed by atoms with Crippen LogP contribution in [0.3, 0.4) is 0 Å². The van der Waals surface area contributed by atoms with Crippen LogP contribution in [0.5, 0.6) is 0 Å². The molecule has 0 saturated carbocycles. The number of hydrogen-bond acceptors (Lipinski definition) is 4. The van der Waals surface area contributed by atoms with Crippen LogP contribution in [-0.4, -0.2) is 16.5 Å². The van der Waals surface area contributed by atoms with E-state index < -0.39 is 0 Å². The summed E-state index contributed by atoms with van der Waals surface area (Å²) in [6.07, 6.45) is 1.56. The Balaban J connectivity index is 0.00000144. The zero-order chi connectivity index (χ0) is 8.81. The van der Waals surface area contributed by atoms with Gasteiger partial charge in [0, 0.05) is 6.20 Å². The summed E-state index contributed by atoms with van der Waals surface area (Å²) in [5.41, 5.74) is 0.417. The number of nitrogens with zero attached hydrogens (tertiary/aromatic N) is 2. The number of carbonyl (C=O) groups excluding carboxylic acids is 1. The van der Waals surface area contributed by atoms with Crippen molar-refractivity contribution in [2.24, 2.45) is 0 Å². The number of thioether (sulfide) groups is 1. The number of Topliss-reactive ketones (excluding diaryl/α,β-unsaturated/α-hetero) is 1. The van der Waals surface area contributed by atoms with E-state index in [1.54, 1.807) is 24.4 Å². The Labute approximate surface area is 90.9 Å². The van der Waals surface area contributed by atoms with Gasteiger partial charge in [-0.15, -0.1) is 17.0 Å². The summed E-state index contributed by atoms with van der Waals surface area (Å²) in [4.78, 5) is 15.0. The number of halogens is 1. The van der Waals surface area contributed by atoms with Crippen LogP contribution < -0.4 is 0 Å². The van der Waals surface area contributed by atoms with Gasteiger partial charge in [0.2, 0.25) is 0 Å². The van der Waals surface area contributed by atoms with E-state index in [9.17, 15) is 4.79 Å². The summed E-state index contributed by atoms with van der Waals surface area (Å²) in [5.74, 6) is 0.0650. The molecule has 0 saturated heterocycles. The van der Waals surface area contributed by atoms with Crippen molar-refractivity contribution in [2.75, 3.05) is 5.75 Å². The van der Waals surface area contributed by atoms with Gasteiger partial charge in [0.25, 0.3) is 0 Å².